The van der Waals surface area contributed by atoms with E-state index in [0.29, 0.717) is 6.04 Å². The lowest BCUT2D eigenvalue weighted by molar-refractivity contribution is 0.510. The molecule has 3 nitrogen and oxygen atoms in total. The number of aromatic amines is 1. The van der Waals surface area contributed by atoms with Crippen LogP contribution in [0, 0.1) is 6.92 Å². The molecule has 0 aliphatic carbocycles. The molecule has 4 heteroatoms. The molecule has 0 radical (unpaired) electrons. The maximum Gasteiger partial charge on any atom is 0.166 e. The first-order valence-corrected chi connectivity index (χ1v) is 8.50. The highest BCUT2D eigenvalue weighted by Gasteiger charge is 2.04. The highest BCUT2D eigenvalue weighted by atomic mass is 32.2. The van der Waals surface area contributed by atoms with Gasteiger partial charge in [0.15, 0.2) is 5.16 Å². The van der Waals surface area contributed by atoms with Crippen molar-refractivity contribution in [1.29, 1.82) is 0 Å². The van der Waals surface area contributed by atoms with Gasteiger partial charge in [-0.15, -0.1) is 0 Å². The fraction of sp³-hybridized carbons (Fsp3) is 0.562. The maximum absolute atomic E-state index is 4.61. The Bertz CT molecular complexity index is 536. The number of hydrogen-bond donors (Lipinski definition) is 2. The van der Waals surface area contributed by atoms with Crippen LogP contribution in [0.15, 0.2) is 23.4 Å². The summed E-state index contributed by atoms with van der Waals surface area (Å²) in [4.78, 5) is 8.01. The van der Waals surface area contributed by atoms with Gasteiger partial charge in [0.25, 0.3) is 0 Å². The molecule has 1 atom stereocenters. The number of hydrogen-bond acceptors (Lipinski definition) is 3. The van der Waals surface area contributed by atoms with Crippen LogP contribution in [0.1, 0.15) is 38.7 Å². The smallest absolute Gasteiger partial charge is 0.166 e. The van der Waals surface area contributed by atoms with Crippen molar-refractivity contribution in [3.63, 3.8) is 0 Å². The first kappa shape index (κ1) is 15.4. The Morgan fingerprint density at radius 3 is 3.00 bits per heavy atom. The molecule has 20 heavy (non-hydrogen) atoms. The largest absolute Gasteiger partial charge is 0.333 e. The normalized spacial score (nSPS) is 12.9. The van der Waals surface area contributed by atoms with Gasteiger partial charge in [0.05, 0.1) is 11.0 Å². The fourth-order valence-electron chi connectivity index (χ4n) is 2.34. The summed E-state index contributed by atoms with van der Waals surface area (Å²) in [5, 5.41) is 4.50. The molecule has 110 valence electrons. The van der Waals surface area contributed by atoms with Gasteiger partial charge < -0.3 is 10.3 Å². The summed E-state index contributed by atoms with van der Waals surface area (Å²) in [7, 11) is 0. The Labute approximate surface area is 125 Å². The van der Waals surface area contributed by atoms with E-state index in [4.69, 9.17) is 0 Å². The Kier molecular flexibility index (Phi) is 5.92. The predicted molar refractivity (Wildman–Crippen MR) is 88.5 cm³/mol. The van der Waals surface area contributed by atoms with Crippen LogP contribution in [-0.2, 0) is 0 Å². The van der Waals surface area contributed by atoms with Gasteiger partial charge in [0, 0.05) is 11.8 Å². The minimum atomic E-state index is 0.638. The third-order valence-corrected chi connectivity index (χ3v) is 4.40. The molecule has 2 aromatic rings. The second-order valence-corrected chi connectivity index (χ2v) is 6.45. The summed E-state index contributed by atoms with van der Waals surface area (Å²) in [6.07, 6.45) is 3.78. The van der Waals surface area contributed by atoms with Gasteiger partial charge in [-0.2, -0.15) is 0 Å². The van der Waals surface area contributed by atoms with E-state index in [0.717, 1.165) is 28.5 Å². The number of nitrogens with one attached hydrogen (secondary N) is 2. The molecule has 1 unspecified atom stereocenters. The minimum absolute atomic E-state index is 0.638. The average Bonchev–Trinajstić information content (AvgIpc) is 2.80. The molecule has 1 heterocycles. The monoisotopic (exact) mass is 291 g/mol. The van der Waals surface area contributed by atoms with Crippen LogP contribution in [0.5, 0.6) is 0 Å². The molecule has 2 N–H and O–H groups in total. The molecule has 0 aliphatic rings. The van der Waals surface area contributed by atoms with E-state index in [1.54, 1.807) is 0 Å². The highest BCUT2D eigenvalue weighted by molar-refractivity contribution is 7.99. The number of rotatable bonds is 8. The fourth-order valence-corrected chi connectivity index (χ4v) is 3.23. The standard InChI is InChI=1S/C16H25N3S/c1-4-17-13(3)7-5-6-10-20-16-18-14-9-8-12(2)11-15(14)19-16/h8-9,11,13,17H,4-7,10H2,1-3H3,(H,18,19). The summed E-state index contributed by atoms with van der Waals surface area (Å²) >= 11 is 1.83. The number of imidazole rings is 1. The highest BCUT2D eigenvalue weighted by Crippen LogP contribution is 2.21. The molecule has 0 aliphatic heterocycles. The van der Waals surface area contributed by atoms with Crippen molar-refractivity contribution >= 4 is 22.8 Å². The number of nitrogens with zero attached hydrogens (tertiary/aromatic N) is 1. The van der Waals surface area contributed by atoms with E-state index in [9.17, 15) is 0 Å². The Balaban J connectivity index is 1.73. The lowest BCUT2D eigenvalue weighted by Gasteiger charge is -2.11. The van der Waals surface area contributed by atoms with Crippen molar-refractivity contribution in [2.75, 3.05) is 12.3 Å². The third-order valence-electron chi connectivity index (χ3n) is 3.44. The average molecular weight is 291 g/mol. The van der Waals surface area contributed by atoms with Crippen LogP contribution in [0.4, 0.5) is 0 Å². The number of aromatic nitrogens is 2. The quantitative estimate of drug-likeness (QED) is 0.567. The Morgan fingerprint density at radius 1 is 1.35 bits per heavy atom. The summed E-state index contributed by atoms with van der Waals surface area (Å²) in [5.74, 6) is 1.14. The summed E-state index contributed by atoms with van der Waals surface area (Å²) in [5.41, 5.74) is 3.49. The molecule has 2 rings (SSSR count). The van der Waals surface area contributed by atoms with Gasteiger partial charge in [-0.3, -0.25) is 0 Å². The van der Waals surface area contributed by atoms with Crippen molar-refractivity contribution < 1.29 is 0 Å². The van der Waals surface area contributed by atoms with Crippen molar-refractivity contribution in [2.24, 2.45) is 0 Å². The summed E-state index contributed by atoms with van der Waals surface area (Å²) < 4.78 is 0. The van der Waals surface area contributed by atoms with Crippen LogP contribution in [0.3, 0.4) is 0 Å². The number of H-pyrrole nitrogens is 1. The lowest BCUT2D eigenvalue weighted by atomic mass is 10.1. The molecule has 0 saturated heterocycles. The molecule has 1 aromatic heterocycles. The summed E-state index contributed by atoms with van der Waals surface area (Å²) in [6, 6.07) is 6.99. The molecule has 0 fully saturated rings. The van der Waals surface area contributed by atoms with Crippen molar-refractivity contribution in [3.8, 4) is 0 Å². The SMILES string of the molecule is CCNC(C)CCCCSc1nc2ccc(C)cc2[nH]1. The molecule has 0 saturated carbocycles. The van der Waals surface area contributed by atoms with E-state index in [1.807, 2.05) is 11.8 Å². The summed E-state index contributed by atoms with van der Waals surface area (Å²) in [6.45, 7) is 7.60. The van der Waals surface area contributed by atoms with Gasteiger partial charge in [-0.1, -0.05) is 31.2 Å². The molecular formula is C16H25N3S. The van der Waals surface area contributed by atoms with Crippen LogP contribution in [0.25, 0.3) is 11.0 Å². The second-order valence-electron chi connectivity index (χ2n) is 5.37. The zero-order chi connectivity index (χ0) is 14.4. The maximum atomic E-state index is 4.61. The van der Waals surface area contributed by atoms with Gasteiger partial charge in [0.2, 0.25) is 0 Å². The zero-order valence-corrected chi connectivity index (χ0v) is 13.5. The Morgan fingerprint density at radius 2 is 2.20 bits per heavy atom. The molecule has 0 amide bonds. The molecular weight excluding hydrogens is 266 g/mol. The number of aryl methyl sites for hydroxylation is 1. The van der Waals surface area contributed by atoms with Gasteiger partial charge in [0.1, 0.15) is 0 Å². The number of unbranched alkanes of at least 4 members (excludes halogenated alkanes) is 1. The van der Waals surface area contributed by atoms with Gasteiger partial charge >= 0.3 is 0 Å². The molecule has 1 aromatic carbocycles. The topological polar surface area (TPSA) is 40.7 Å². The van der Waals surface area contributed by atoms with Crippen LogP contribution >= 0.6 is 11.8 Å². The first-order valence-electron chi connectivity index (χ1n) is 7.51. The minimum Gasteiger partial charge on any atom is -0.333 e. The van der Waals surface area contributed by atoms with E-state index in [2.05, 4.69) is 54.3 Å². The van der Waals surface area contributed by atoms with E-state index in [-0.39, 0.29) is 0 Å². The molecule has 0 bridgehead atoms. The van der Waals surface area contributed by atoms with Gasteiger partial charge in [-0.25, -0.2) is 4.98 Å². The first-order chi connectivity index (χ1) is 9.69. The zero-order valence-electron chi connectivity index (χ0n) is 12.7. The lowest BCUT2D eigenvalue weighted by Crippen LogP contribution is -2.25. The van der Waals surface area contributed by atoms with Gasteiger partial charge in [-0.05, 0) is 50.9 Å². The number of thioether (sulfide) groups is 1. The predicted octanol–water partition coefficient (Wildman–Crippen LogP) is 4.13. The Hall–Kier alpha value is -1.00. The van der Waals surface area contributed by atoms with Crippen LogP contribution in [-0.4, -0.2) is 28.3 Å². The van der Waals surface area contributed by atoms with Crippen LogP contribution < -0.4 is 5.32 Å². The van der Waals surface area contributed by atoms with Crippen LogP contribution in [0.2, 0.25) is 0 Å². The van der Waals surface area contributed by atoms with Crippen molar-refractivity contribution in [3.05, 3.63) is 23.8 Å². The van der Waals surface area contributed by atoms with Crippen molar-refractivity contribution in [2.45, 2.75) is 51.2 Å². The number of benzene rings is 1. The van der Waals surface area contributed by atoms with E-state index in [1.165, 1.54) is 24.8 Å². The number of fused-ring (bicyclic) bond motifs is 1. The second kappa shape index (κ2) is 7.70. The molecule has 0 spiro atoms. The van der Waals surface area contributed by atoms with E-state index < -0.39 is 0 Å². The van der Waals surface area contributed by atoms with E-state index >= 15 is 0 Å². The third kappa shape index (κ3) is 4.53. The van der Waals surface area contributed by atoms with Crippen molar-refractivity contribution in [1.82, 2.24) is 15.3 Å².